The lowest BCUT2D eigenvalue weighted by Gasteiger charge is -2.09. The van der Waals surface area contributed by atoms with Crippen molar-refractivity contribution in [1.82, 2.24) is 5.32 Å². The summed E-state index contributed by atoms with van der Waals surface area (Å²) < 4.78 is 28.0. The third-order valence-corrected chi connectivity index (χ3v) is 5.16. The highest BCUT2D eigenvalue weighted by Crippen LogP contribution is 2.21. The van der Waals surface area contributed by atoms with Crippen molar-refractivity contribution in [3.05, 3.63) is 63.6 Å². The van der Waals surface area contributed by atoms with E-state index in [9.17, 15) is 18.0 Å². The lowest BCUT2D eigenvalue weighted by Crippen LogP contribution is -2.28. The van der Waals surface area contributed by atoms with Crippen LogP contribution in [0.25, 0.3) is 0 Å². The van der Waals surface area contributed by atoms with Gasteiger partial charge < -0.3 is 10.1 Å². The molecular formula is C17H15Cl2NO5S. The summed E-state index contributed by atoms with van der Waals surface area (Å²) in [7, 11) is -3.51. The first-order chi connectivity index (χ1) is 12.2. The molecule has 138 valence electrons. The Labute approximate surface area is 161 Å². The largest absolute Gasteiger partial charge is 0.452 e. The number of carbonyl (C=O) groups is 2. The average molecular weight is 416 g/mol. The number of nitrogens with one attached hydrogen (secondary N) is 1. The average Bonchev–Trinajstić information content (AvgIpc) is 2.58. The molecule has 0 atom stereocenters. The van der Waals surface area contributed by atoms with Crippen LogP contribution < -0.4 is 5.32 Å². The molecule has 0 spiro atoms. The molecule has 2 rings (SSSR count). The second kappa shape index (κ2) is 8.53. The van der Waals surface area contributed by atoms with Crippen LogP contribution in [-0.2, 0) is 25.9 Å². The topological polar surface area (TPSA) is 89.5 Å². The van der Waals surface area contributed by atoms with Crippen molar-refractivity contribution in [2.45, 2.75) is 11.4 Å². The van der Waals surface area contributed by atoms with Crippen LogP contribution in [0, 0.1) is 0 Å². The van der Waals surface area contributed by atoms with Gasteiger partial charge in [0, 0.05) is 17.8 Å². The van der Waals surface area contributed by atoms with Gasteiger partial charge in [0.2, 0.25) is 0 Å². The third kappa shape index (κ3) is 5.45. The number of esters is 1. The van der Waals surface area contributed by atoms with Crippen LogP contribution in [-0.4, -0.2) is 33.2 Å². The number of amides is 1. The zero-order chi connectivity index (χ0) is 19.3. The maximum Gasteiger partial charge on any atom is 0.340 e. The van der Waals surface area contributed by atoms with Crippen molar-refractivity contribution in [3.63, 3.8) is 0 Å². The van der Waals surface area contributed by atoms with Crippen molar-refractivity contribution >= 4 is 44.9 Å². The standard InChI is InChI=1S/C17H15Cl2NO5S/c1-26(23,24)12-6-7-15(19)13(8-12)17(22)25-10-16(21)20-9-11-4-2-3-5-14(11)18/h2-8H,9-10H2,1H3,(H,20,21). The van der Waals surface area contributed by atoms with Crippen molar-refractivity contribution in [1.29, 1.82) is 0 Å². The van der Waals surface area contributed by atoms with Gasteiger partial charge in [0.25, 0.3) is 5.91 Å². The first-order valence-corrected chi connectivity index (χ1v) is 10.00. The SMILES string of the molecule is CS(=O)(=O)c1ccc(Cl)c(C(=O)OCC(=O)NCc2ccccc2Cl)c1. The minimum atomic E-state index is -3.51. The van der Waals surface area contributed by atoms with Gasteiger partial charge in [-0.15, -0.1) is 0 Å². The zero-order valence-corrected chi connectivity index (χ0v) is 16.0. The van der Waals surface area contributed by atoms with Crippen molar-refractivity contribution in [2.75, 3.05) is 12.9 Å². The van der Waals surface area contributed by atoms with Crippen LogP contribution in [0.2, 0.25) is 10.0 Å². The Morgan fingerprint density at radius 1 is 1.08 bits per heavy atom. The van der Waals surface area contributed by atoms with Gasteiger partial charge >= 0.3 is 5.97 Å². The Bertz CT molecular complexity index is 944. The second-order valence-corrected chi connectivity index (χ2v) is 8.19. The molecule has 1 amide bonds. The van der Waals surface area contributed by atoms with E-state index in [2.05, 4.69) is 5.32 Å². The molecule has 0 heterocycles. The number of rotatable bonds is 6. The quantitative estimate of drug-likeness (QED) is 0.732. The number of benzene rings is 2. The van der Waals surface area contributed by atoms with E-state index in [0.717, 1.165) is 17.9 Å². The molecule has 1 N–H and O–H groups in total. The van der Waals surface area contributed by atoms with Crippen molar-refractivity contribution in [3.8, 4) is 0 Å². The summed E-state index contributed by atoms with van der Waals surface area (Å²) in [5, 5.41) is 3.10. The summed E-state index contributed by atoms with van der Waals surface area (Å²) >= 11 is 11.9. The summed E-state index contributed by atoms with van der Waals surface area (Å²) in [4.78, 5) is 23.8. The highest BCUT2D eigenvalue weighted by atomic mass is 35.5. The molecule has 6 nitrogen and oxygen atoms in total. The molecular weight excluding hydrogens is 401 g/mol. The number of hydrogen-bond acceptors (Lipinski definition) is 5. The number of hydrogen-bond donors (Lipinski definition) is 1. The van der Waals surface area contributed by atoms with E-state index in [0.29, 0.717) is 5.02 Å². The molecule has 0 fully saturated rings. The highest BCUT2D eigenvalue weighted by Gasteiger charge is 2.17. The van der Waals surface area contributed by atoms with E-state index in [4.69, 9.17) is 27.9 Å². The second-order valence-electron chi connectivity index (χ2n) is 5.36. The van der Waals surface area contributed by atoms with Crippen LogP contribution in [0.4, 0.5) is 0 Å². The number of sulfone groups is 1. The van der Waals surface area contributed by atoms with Gasteiger partial charge in [-0.3, -0.25) is 4.79 Å². The molecule has 0 aliphatic heterocycles. The number of ether oxygens (including phenoxy) is 1. The molecule has 0 saturated heterocycles. The Morgan fingerprint density at radius 2 is 1.77 bits per heavy atom. The molecule has 0 aliphatic rings. The predicted molar refractivity (Wildman–Crippen MR) is 98.1 cm³/mol. The van der Waals surface area contributed by atoms with Crippen LogP contribution in [0.15, 0.2) is 47.4 Å². The Kier molecular flexibility index (Phi) is 6.63. The molecule has 0 saturated carbocycles. The van der Waals surface area contributed by atoms with Gasteiger partial charge in [-0.05, 0) is 29.8 Å². The third-order valence-electron chi connectivity index (χ3n) is 3.35. The van der Waals surface area contributed by atoms with Crippen LogP contribution in [0.3, 0.4) is 0 Å². The minimum absolute atomic E-state index is 0.0267. The highest BCUT2D eigenvalue weighted by molar-refractivity contribution is 7.90. The maximum atomic E-state index is 12.1. The van der Waals surface area contributed by atoms with Crippen molar-refractivity contribution in [2.24, 2.45) is 0 Å². The normalized spacial score (nSPS) is 11.0. The fourth-order valence-electron chi connectivity index (χ4n) is 1.99. The van der Waals surface area contributed by atoms with E-state index in [1.54, 1.807) is 24.3 Å². The Hall–Kier alpha value is -2.09. The Balaban J connectivity index is 1.96. The first-order valence-electron chi connectivity index (χ1n) is 7.35. The molecule has 2 aromatic rings. The van der Waals surface area contributed by atoms with Crippen LogP contribution in [0.1, 0.15) is 15.9 Å². The van der Waals surface area contributed by atoms with E-state index in [1.165, 1.54) is 12.1 Å². The summed E-state index contributed by atoms with van der Waals surface area (Å²) in [6.45, 7) is -0.358. The summed E-state index contributed by atoms with van der Waals surface area (Å²) in [6, 6.07) is 10.7. The monoisotopic (exact) mass is 415 g/mol. The van der Waals surface area contributed by atoms with Crippen LogP contribution >= 0.6 is 23.2 Å². The predicted octanol–water partition coefficient (Wildman–Crippen LogP) is 2.87. The molecule has 26 heavy (non-hydrogen) atoms. The Morgan fingerprint density at radius 3 is 2.42 bits per heavy atom. The fourth-order valence-corrected chi connectivity index (χ4v) is 3.03. The van der Waals surface area contributed by atoms with Gasteiger partial charge in [0.15, 0.2) is 16.4 Å². The number of halogens is 2. The maximum absolute atomic E-state index is 12.1. The van der Waals surface area contributed by atoms with Gasteiger partial charge in [0.05, 0.1) is 15.5 Å². The van der Waals surface area contributed by atoms with E-state index >= 15 is 0 Å². The molecule has 0 radical (unpaired) electrons. The number of carbonyl (C=O) groups excluding carboxylic acids is 2. The van der Waals surface area contributed by atoms with Gasteiger partial charge in [-0.1, -0.05) is 41.4 Å². The molecule has 0 aliphatic carbocycles. The minimum Gasteiger partial charge on any atom is -0.452 e. The van der Waals surface area contributed by atoms with Gasteiger partial charge in [-0.2, -0.15) is 0 Å². The first kappa shape index (κ1) is 20.2. The molecule has 9 heteroatoms. The molecule has 0 unspecified atom stereocenters. The van der Waals surface area contributed by atoms with Gasteiger partial charge in [-0.25, -0.2) is 13.2 Å². The van der Waals surface area contributed by atoms with Crippen molar-refractivity contribution < 1.29 is 22.7 Å². The lowest BCUT2D eigenvalue weighted by atomic mass is 10.2. The molecule has 0 aromatic heterocycles. The lowest BCUT2D eigenvalue weighted by molar-refractivity contribution is -0.124. The molecule has 0 bridgehead atoms. The van der Waals surface area contributed by atoms with Gasteiger partial charge in [0.1, 0.15) is 0 Å². The zero-order valence-electron chi connectivity index (χ0n) is 13.7. The van der Waals surface area contributed by atoms with E-state index < -0.39 is 28.3 Å². The summed E-state index contributed by atoms with van der Waals surface area (Å²) in [5.41, 5.74) is 0.589. The van der Waals surface area contributed by atoms with E-state index in [1.807, 2.05) is 0 Å². The van der Waals surface area contributed by atoms with E-state index in [-0.39, 0.29) is 22.0 Å². The smallest absolute Gasteiger partial charge is 0.340 e. The summed E-state index contributed by atoms with van der Waals surface area (Å²) in [5.74, 6) is -1.43. The molecule has 2 aromatic carbocycles. The van der Waals surface area contributed by atoms with Crippen LogP contribution in [0.5, 0.6) is 0 Å². The fraction of sp³-hybridized carbons (Fsp3) is 0.176. The summed E-state index contributed by atoms with van der Waals surface area (Å²) in [6.07, 6.45) is 1.01.